The smallest absolute Gasteiger partial charge is 0.407 e. The molecule has 41 heavy (non-hydrogen) atoms. The molecule has 4 unspecified atom stereocenters. The van der Waals surface area contributed by atoms with Crippen molar-refractivity contribution in [1.82, 2.24) is 9.62 Å². The number of aliphatic hydroxyl groups is 1. The Bertz CT molecular complexity index is 1220. The van der Waals surface area contributed by atoms with E-state index in [9.17, 15) is 18.3 Å². The van der Waals surface area contributed by atoms with Gasteiger partial charge < -0.3 is 19.9 Å². The molecule has 0 radical (unpaired) electrons. The predicted octanol–water partition coefficient (Wildman–Crippen LogP) is 3.64. The van der Waals surface area contributed by atoms with Crippen molar-refractivity contribution in [3.63, 3.8) is 0 Å². The van der Waals surface area contributed by atoms with Gasteiger partial charge in [0.2, 0.25) is 10.0 Å². The SMILES string of the molecule is COc1ccc(S(=O)(=O)N(CC(C)C)C[C@@H](O)[C@H](Cc2ccccc2)NC(=O)OC2C3COOCC2C(C)C3)cc1. The number of aliphatic hydroxyl groups excluding tert-OH is 1. The van der Waals surface area contributed by atoms with E-state index in [0.29, 0.717) is 24.9 Å². The molecule has 0 spiro atoms. The topological polar surface area (TPSA) is 124 Å². The van der Waals surface area contributed by atoms with Gasteiger partial charge >= 0.3 is 6.09 Å². The lowest BCUT2D eigenvalue weighted by Crippen LogP contribution is -2.52. The Morgan fingerprint density at radius 2 is 1.76 bits per heavy atom. The van der Waals surface area contributed by atoms with Gasteiger partial charge in [-0.15, -0.1) is 0 Å². The fourth-order valence-electron chi connectivity index (χ4n) is 5.70. The summed E-state index contributed by atoms with van der Waals surface area (Å²) >= 11 is 0. The first kappa shape index (κ1) is 31.2. The zero-order valence-corrected chi connectivity index (χ0v) is 25.0. The van der Waals surface area contributed by atoms with Gasteiger partial charge in [-0.1, -0.05) is 51.1 Å². The number of hydrogen-bond acceptors (Lipinski definition) is 8. The molecule has 226 valence electrons. The van der Waals surface area contributed by atoms with Crippen LogP contribution in [0.15, 0.2) is 59.5 Å². The van der Waals surface area contributed by atoms with Gasteiger partial charge in [0.1, 0.15) is 11.9 Å². The first-order valence-corrected chi connectivity index (χ1v) is 15.6. The molecule has 2 bridgehead atoms. The van der Waals surface area contributed by atoms with Gasteiger partial charge in [0.15, 0.2) is 0 Å². The number of carbonyl (C=O) groups is 1. The van der Waals surface area contributed by atoms with Crippen LogP contribution in [-0.4, -0.2) is 75.6 Å². The Labute approximate surface area is 242 Å². The van der Waals surface area contributed by atoms with Gasteiger partial charge in [-0.25, -0.2) is 23.0 Å². The second kappa shape index (κ2) is 14.0. The van der Waals surface area contributed by atoms with Gasteiger partial charge in [-0.2, -0.15) is 4.31 Å². The molecule has 2 aromatic carbocycles. The molecular weight excluding hydrogens is 548 g/mol. The first-order valence-electron chi connectivity index (χ1n) is 14.2. The minimum atomic E-state index is -3.94. The Morgan fingerprint density at radius 1 is 1.07 bits per heavy atom. The summed E-state index contributed by atoms with van der Waals surface area (Å²) in [5, 5.41) is 14.3. The summed E-state index contributed by atoms with van der Waals surface area (Å²) in [5.41, 5.74) is 0.884. The highest BCUT2D eigenvalue weighted by atomic mass is 32.2. The van der Waals surface area contributed by atoms with Crippen LogP contribution in [0.2, 0.25) is 0 Å². The fraction of sp³-hybridized carbons (Fsp3) is 0.567. The Balaban J connectivity index is 1.53. The van der Waals surface area contributed by atoms with Crippen LogP contribution in [0, 0.1) is 23.7 Å². The van der Waals surface area contributed by atoms with Crippen molar-refractivity contribution >= 4 is 16.1 Å². The number of hydrogen-bond donors (Lipinski definition) is 2. The van der Waals surface area contributed by atoms with E-state index in [4.69, 9.17) is 19.2 Å². The van der Waals surface area contributed by atoms with Gasteiger partial charge in [0.05, 0.1) is 37.4 Å². The number of ether oxygens (including phenoxy) is 2. The van der Waals surface area contributed by atoms with E-state index in [1.54, 1.807) is 12.1 Å². The molecule has 1 saturated heterocycles. The summed E-state index contributed by atoms with van der Waals surface area (Å²) in [6, 6.07) is 14.8. The summed E-state index contributed by atoms with van der Waals surface area (Å²) in [6.07, 6.45) is -1.08. The van der Waals surface area contributed by atoms with Crippen LogP contribution in [0.25, 0.3) is 0 Å². The molecular formula is C30H42N2O8S. The molecule has 10 nitrogen and oxygen atoms in total. The third-order valence-corrected chi connectivity index (χ3v) is 9.73. The minimum absolute atomic E-state index is 0.00198. The van der Waals surface area contributed by atoms with E-state index in [1.165, 1.54) is 23.5 Å². The van der Waals surface area contributed by atoms with Crippen molar-refractivity contribution < 1.29 is 37.6 Å². The zero-order valence-electron chi connectivity index (χ0n) is 24.1. The molecule has 2 fully saturated rings. The molecule has 11 heteroatoms. The summed E-state index contributed by atoms with van der Waals surface area (Å²) in [4.78, 5) is 23.8. The fourth-order valence-corrected chi connectivity index (χ4v) is 7.32. The van der Waals surface area contributed by atoms with Crippen molar-refractivity contribution in [2.75, 3.05) is 33.4 Å². The first-order chi connectivity index (χ1) is 19.6. The number of sulfonamides is 1. The highest BCUT2D eigenvalue weighted by molar-refractivity contribution is 7.89. The quantitative estimate of drug-likeness (QED) is 0.359. The molecule has 1 aliphatic heterocycles. The Hall–Kier alpha value is -2.70. The number of nitrogens with one attached hydrogen (secondary N) is 1. The molecule has 1 saturated carbocycles. The molecule has 1 aliphatic carbocycles. The maximum absolute atomic E-state index is 13.6. The van der Waals surface area contributed by atoms with Crippen LogP contribution in [0.4, 0.5) is 4.79 Å². The van der Waals surface area contributed by atoms with Gasteiger partial charge in [0.25, 0.3) is 0 Å². The lowest BCUT2D eigenvalue weighted by atomic mass is 9.97. The lowest BCUT2D eigenvalue weighted by Gasteiger charge is -2.31. The van der Waals surface area contributed by atoms with Crippen LogP contribution < -0.4 is 10.1 Å². The average molecular weight is 591 g/mol. The minimum Gasteiger partial charge on any atom is -0.497 e. The van der Waals surface area contributed by atoms with Gasteiger partial charge in [-0.3, -0.25) is 0 Å². The van der Waals surface area contributed by atoms with E-state index in [1.807, 2.05) is 44.2 Å². The second-order valence-corrected chi connectivity index (χ2v) is 13.4. The number of rotatable bonds is 12. The molecule has 6 atom stereocenters. The standard InChI is InChI=1S/C30H42N2O8S/c1-20(2)16-32(41(35,36)25-12-10-24(37-4)11-13-25)17-28(33)27(15-22-8-6-5-7-9-22)31-30(34)40-29-23-14-21(3)26(29)19-39-38-18-23/h5-13,20-21,23,26-29,33H,14-19H2,1-4H3,(H,31,34)/t21?,23?,26?,27-,28+,29?/m0/s1. The molecule has 0 aromatic heterocycles. The van der Waals surface area contributed by atoms with Crippen LogP contribution in [0.1, 0.15) is 32.8 Å². The van der Waals surface area contributed by atoms with Crippen molar-refractivity contribution in [1.29, 1.82) is 0 Å². The highest BCUT2D eigenvalue weighted by Crippen LogP contribution is 2.40. The monoisotopic (exact) mass is 590 g/mol. The Morgan fingerprint density at radius 3 is 2.41 bits per heavy atom. The maximum Gasteiger partial charge on any atom is 0.407 e. The van der Waals surface area contributed by atoms with Crippen LogP contribution in [0.5, 0.6) is 5.75 Å². The second-order valence-electron chi connectivity index (χ2n) is 11.5. The van der Waals surface area contributed by atoms with Crippen molar-refractivity contribution in [2.24, 2.45) is 23.7 Å². The van der Waals surface area contributed by atoms with Gasteiger partial charge in [-0.05, 0) is 54.5 Å². The third kappa shape index (κ3) is 7.98. The van der Waals surface area contributed by atoms with Crippen molar-refractivity contribution in [3.05, 3.63) is 60.2 Å². The third-order valence-electron chi connectivity index (χ3n) is 7.88. The van der Waals surface area contributed by atoms with E-state index >= 15 is 0 Å². The van der Waals surface area contributed by atoms with E-state index < -0.39 is 28.3 Å². The Kier molecular flexibility index (Phi) is 10.6. The van der Waals surface area contributed by atoms with E-state index in [2.05, 4.69) is 12.2 Å². The van der Waals surface area contributed by atoms with Crippen LogP contribution in [-0.2, 0) is 31.0 Å². The predicted molar refractivity (Wildman–Crippen MR) is 153 cm³/mol. The molecule has 2 aliphatic rings. The number of alkyl carbamates (subject to hydrolysis) is 1. The number of carbonyl (C=O) groups excluding carboxylic acids is 1. The summed E-state index contributed by atoms with van der Waals surface area (Å²) < 4.78 is 39.7. The van der Waals surface area contributed by atoms with Crippen molar-refractivity contribution in [2.45, 2.75) is 56.8 Å². The highest BCUT2D eigenvalue weighted by Gasteiger charge is 2.46. The number of benzene rings is 2. The summed E-state index contributed by atoms with van der Waals surface area (Å²) in [6.45, 7) is 6.61. The molecule has 2 aromatic rings. The zero-order chi connectivity index (χ0) is 29.6. The normalized spacial score (nSPS) is 24.1. The van der Waals surface area contributed by atoms with Crippen LogP contribution >= 0.6 is 0 Å². The average Bonchev–Trinajstić information content (AvgIpc) is 3.09. The van der Waals surface area contributed by atoms with E-state index in [-0.39, 0.29) is 48.3 Å². The largest absolute Gasteiger partial charge is 0.497 e. The summed E-state index contributed by atoms with van der Waals surface area (Å²) in [5.74, 6) is 0.900. The molecule has 2 N–H and O–H groups in total. The van der Waals surface area contributed by atoms with Gasteiger partial charge in [0, 0.05) is 24.9 Å². The number of nitrogens with zero attached hydrogens (tertiary/aromatic N) is 1. The number of fused-ring (bicyclic) bond motifs is 2. The summed E-state index contributed by atoms with van der Waals surface area (Å²) in [7, 11) is -2.43. The lowest BCUT2D eigenvalue weighted by molar-refractivity contribution is -0.302. The number of methoxy groups -OCH3 is 1. The molecule has 4 rings (SSSR count). The van der Waals surface area contributed by atoms with Crippen LogP contribution in [0.3, 0.4) is 0 Å². The molecule has 1 heterocycles. The van der Waals surface area contributed by atoms with E-state index in [0.717, 1.165) is 12.0 Å². The molecule has 1 amide bonds. The number of amides is 1. The van der Waals surface area contributed by atoms with Crippen molar-refractivity contribution in [3.8, 4) is 5.75 Å². The maximum atomic E-state index is 13.6.